The first-order valence-electron chi connectivity index (χ1n) is 6.81. The fraction of sp³-hybridized carbons (Fsp3) is 0.467. The normalized spacial score (nSPS) is 13.2. The van der Waals surface area contributed by atoms with Gasteiger partial charge < -0.3 is 15.2 Å². The molecule has 0 aliphatic heterocycles. The van der Waals surface area contributed by atoms with Crippen LogP contribution in [0.4, 0.5) is 0 Å². The van der Waals surface area contributed by atoms with Crippen molar-refractivity contribution in [3.05, 3.63) is 35.7 Å². The molecule has 1 aromatic carbocycles. The molecule has 2 rings (SSSR count). The number of nitrogens with zero attached hydrogens (tertiary/aromatic N) is 3. The van der Waals surface area contributed by atoms with Gasteiger partial charge >= 0.3 is 0 Å². The van der Waals surface area contributed by atoms with Crippen LogP contribution in [0.5, 0.6) is 0 Å². The van der Waals surface area contributed by atoms with E-state index < -0.39 is 0 Å². The lowest BCUT2D eigenvalue weighted by atomic mass is 10.0. The quantitative estimate of drug-likeness (QED) is 0.907. The lowest BCUT2D eigenvalue weighted by Crippen LogP contribution is -2.26. The summed E-state index contributed by atoms with van der Waals surface area (Å²) in [5, 5.41) is 3.97. The average molecular weight is 274 g/mol. The maximum atomic E-state index is 6.02. The molecule has 1 aromatic heterocycles. The maximum Gasteiger partial charge on any atom is 0.257 e. The summed E-state index contributed by atoms with van der Waals surface area (Å²) in [5.41, 5.74) is 8.24. The number of hydrogen-bond donors (Lipinski definition) is 1. The number of hydrogen-bond acceptors (Lipinski definition) is 5. The van der Waals surface area contributed by atoms with Crippen molar-refractivity contribution >= 4 is 0 Å². The van der Waals surface area contributed by atoms with Gasteiger partial charge in [0.25, 0.3) is 5.89 Å². The summed E-state index contributed by atoms with van der Waals surface area (Å²) in [6, 6.07) is 7.94. The first kappa shape index (κ1) is 14.7. The van der Waals surface area contributed by atoms with Crippen LogP contribution in [0.25, 0.3) is 11.5 Å². The summed E-state index contributed by atoms with van der Waals surface area (Å²) in [6.45, 7) is 5.02. The summed E-state index contributed by atoms with van der Waals surface area (Å²) in [7, 11) is 3.93. The third kappa shape index (κ3) is 3.43. The van der Waals surface area contributed by atoms with E-state index in [4.69, 9.17) is 10.3 Å². The van der Waals surface area contributed by atoms with Gasteiger partial charge in [-0.2, -0.15) is 4.98 Å². The molecule has 0 amide bonds. The molecule has 0 aliphatic carbocycles. The van der Waals surface area contributed by atoms with Crippen molar-refractivity contribution in [1.29, 1.82) is 0 Å². The molecule has 0 bridgehead atoms. The molecular formula is C15H22N4O. The Morgan fingerprint density at radius 1 is 1.20 bits per heavy atom. The number of likely N-dealkylation sites (N-methyl/N-ethyl adjacent to an activating group) is 1. The van der Waals surface area contributed by atoms with E-state index in [0.29, 0.717) is 24.2 Å². The van der Waals surface area contributed by atoms with Crippen molar-refractivity contribution < 1.29 is 4.52 Å². The molecule has 2 N–H and O–H groups in total. The zero-order chi connectivity index (χ0) is 14.7. The van der Waals surface area contributed by atoms with Crippen LogP contribution in [0.15, 0.2) is 28.8 Å². The van der Waals surface area contributed by atoms with E-state index in [-0.39, 0.29) is 6.04 Å². The Kier molecular flexibility index (Phi) is 4.52. The molecule has 1 atom stereocenters. The van der Waals surface area contributed by atoms with Crippen molar-refractivity contribution in [2.24, 2.45) is 5.73 Å². The van der Waals surface area contributed by atoms with Crippen molar-refractivity contribution in [3.63, 3.8) is 0 Å². The van der Waals surface area contributed by atoms with Gasteiger partial charge in [0, 0.05) is 12.1 Å². The highest BCUT2D eigenvalue weighted by Crippen LogP contribution is 2.22. The van der Waals surface area contributed by atoms with E-state index in [1.165, 1.54) is 5.56 Å². The standard InChI is InChI=1S/C15H22N4O/c1-10(2)11-5-7-12(8-6-11)15-17-14(18-20-15)13(16)9-19(3)4/h5-8,10,13H,9,16H2,1-4H3. The van der Waals surface area contributed by atoms with Gasteiger partial charge in [-0.1, -0.05) is 31.1 Å². The lowest BCUT2D eigenvalue weighted by molar-refractivity contribution is 0.357. The van der Waals surface area contributed by atoms with Crippen LogP contribution in [0.2, 0.25) is 0 Å². The van der Waals surface area contributed by atoms with Crippen molar-refractivity contribution in [1.82, 2.24) is 15.0 Å². The van der Waals surface area contributed by atoms with Gasteiger partial charge in [0.2, 0.25) is 0 Å². The molecule has 0 aliphatic rings. The summed E-state index contributed by atoms with van der Waals surface area (Å²) in [5.74, 6) is 1.57. The zero-order valence-corrected chi connectivity index (χ0v) is 12.5. The molecule has 0 radical (unpaired) electrons. The monoisotopic (exact) mass is 274 g/mol. The lowest BCUT2D eigenvalue weighted by Gasteiger charge is -2.12. The fourth-order valence-electron chi connectivity index (χ4n) is 1.99. The highest BCUT2D eigenvalue weighted by atomic mass is 16.5. The van der Waals surface area contributed by atoms with Crippen LogP contribution in [-0.2, 0) is 0 Å². The Labute approximate surface area is 119 Å². The van der Waals surface area contributed by atoms with E-state index >= 15 is 0 Å². The van der Waals surface area contributed by atoms with Crippen LogP contribution in [0.1, 0.15) is 37.2 Å². The van der Waals surface area contributed by atoms with Crippen molar-refractivity contribution in [3.8, 4) is 11.5 Å². The topological polar surface area (TPSA) is 68.2 Å². The Morgan fingerprint density at radius 3 is 2.40 bits per heavy atom. The second kappa shape index (κ2) is 6.15. The van der Waals surface area contributed by atoms with E-state index in [0.717, 1.165) is 5.56 Å². The smallest absolute Gasteiger partial charge is 0.257 e. The highest BCUT2D eigenvalue weighted by molar-refractivity contribution is 5.53. The summed E-state index contributed by atoms with van der Waals surface area (Å²) < 4.78 is 5.29. The largest absolute Gasteiger partial charge is 0.334 e. The van der Waals surface area contributed by atoms with Crippen molar-refractivity contribution in [2.45, 2.75) is 25.8 Å². The molecule has 0 spiro atoms. The van der Waals surface area contributed by atoms with Gasteiger partial charge in [0.15, 0.2) is 5.82 Å². The van der Waals surface area contributed by atoms with Gasteiger partial charge in [0.1, 0.15) is 0 Å². The van der Waals surface area contributed by atoms with Crippen LogP contribution in [0, 0.1) is 0 Å². The Balaban J connectivity index is 2.16. The number of benzene rings is 1. The van der Waals surface area contributed by atoms with Gasteiger partial charge in [-0.25, -0.2) is 0 Å². The molecule has 1 unspecified atom stereocenters. The fourth-order valence-corrected chi connectivity index (χ4v) is 1.99. The maximum absolute atomic E-state index is 6.02. The molecule has 0 saturated carbocycles. The number of nitrogens with two attached hydrogens (primary N) is 1. The van der Waals surface area contributed by atoms with Gasteiger partial charge in [-0.05, 0) is 37.7 Å². The SMILES string of the molecule is CC(C)c1ccc(-c2nc(C(N)CN(C)C)no2)cc1. The highest BCUT2D eigenvalue weighted by Gasteiger charge is 2.16. The van der Waals surface area contributed by atoms with Gasteiger partial charge in [0.05, 0.1) is 6.04 Å². The first-order valence-corrected chi connectivity index (χ1v) is 6.81. The minimum atomic E-state index is -0.238. The summed E-state index contributed by atoms with van der Waals surface area (Å²) in [6.07, 6.45) is 0. The molecule has 1 heterocycles. The van der Waals surface area contributed by atoms with Crippen LogP contribution in [-0.4, -0.2) is 35.7 Å². The second-order valence-corrected chi connectivity index (χ2v) is 5.60. The van der Waals surface area contributed by atoms with Crippen LogP contribution < -0.4 is 5.73 Å². The minimum Gasteiger partial charge on any atom is -0.334 e. The van der Waals surface area contributed by atoms with E-state index in [2.05, 4.69) is 36.1 Å². The first-order chi connectivity index (χ1) is 9.47. The van der Waals surface area contributed by atoms with Crippen molar-refractivity contribution in [2.75, 3.05) is 20.6 Å². The summed E-state index contributed by atoms with van der Waals surface area (Å²) >= 11 is 0. The molecule has 108 valence electrons. The van der Waals surface area contributed by atoms with Crippen LogP contribution >= 0.6 is 0 Å². The Hall–Kier alpha value is -1.72. The van der Waals surface area contributed by atoms with Gasteiger partial charge in [-0.3, -0.25) is 0 Å². The molecule has 2 aromatic rings. The number of rotatable bonds is 5. The molecule has 5 heteroatoms. The summed E-state index contributed by atoms with van der Waals surface area (Å²) in [4.78, 5) is 6.38. The zero-order valence-electron chi connectivity index (χ0n) is 12.5. The van der Waals surface area contributed by atoms with E-state index in [9.17, 15) is 0 Å². The Bertz CT molecular complexity index is 545. The molecular weight excluding hydrogens is 252 g/mol. The van der Waals surface area contributed by atoms with Gasteiger partial charge in [-0.15, -0.1) is 0 Å². The molecule has 20 heavy (non-hydrogen) atoms. The third-order valence-electron chi connectivity index (χ3n) is 3.16. The Morgan fingerprint density at radius 2 is 1.85 bits per heavy atom. The van der Waals surface area contributed by atoms with Crippen LogP contribution in [0.3, 0.4) is 0 Å². The average Bonchev–Trinajstić information content (AvgIpc) is 2.87. The van der Waals surface area contributed by atoms with E-state index in [1.807, 2.05) is 31.1 Å². The second-order valence-electron chi connectivity index (χ2n) is 5.60. The predicted molar refractivity (Wildman–Crippen MR) is 79.3 cm³/mol. The van der Waals surface area contributed by atoms with E-state index in [1.54, 1.807) is 0 Å². The molecule has 5 nitrogen and oxygen atoms in total. The predicted octanol–water partition coefficient (Wildman–Crippen LogP) is 2.42. The number of aromatic nitrogens is 2. The minimum absolute atomic E-state index is 0.238. The molecule has 0 fully saturated rings. The molecule has 0 saturated heterocycles. The third-order valence-corrected chi connectivity index (χ3v) is 3.16.